The Balaban J connectivity index is 2.31. The number of ether oxygens (including phenoxy) is 2. The molecule has 2 aromatic rings. The number of hydrogen-bond donors (Lipinski definition) is 0. The van der Waals surface area contributed by atoms with Gasteiger partial charge in [-0.2, -0.15) is 0 Å². The summed E-state index contributed by atoms with van der Waals surface area (Å²) in [7, 11) is 3.40. The summed E-state index contributed by atoms with van der Waals surface area (Å²) in [6.45, 7) is 13.0. The van der Waals surface area contributed by atoms with E-state index in [-0.39, 0.29) is 35.0 Å². The van der Waals surface area contributed by atoms with E-state index < -0.39 is 5.97 Å². The van der Waals surface area contributed by atoms with Crippen molar-refractivity contribution < 1.29 is 14.3 Å². The lowest BCUT2D eigenvalue weighted by molar-refractivity contribution is 0.0522. The van der Waals surface area contributed by atoms with Gasteiger partial charge in [-0.3, -0.25) is 9.79 Å². The zero-order chi connectivity index (χ0) is 30.2. The molecular weight excluding hydrogens is 512 g/mol. The van der Waals surface area contributed by atoms with Crippen LogP contribution >= 0.6 is 0 Å². The van der Waals surface area contributed by atoms with Crippen molar-refractivity contribution in [2.24, 2.45) is 16.3 Å². The maximum absolute atomic E-state index is 13.5. The molecule has 2 atom stereocenters. The van der Waals surface area contributed by atoms with Gasteiger partial charge in [-0.1, -0.05) is 77.1 Å². The fraction of sp³-hybridized carbons (Fsp3) is 0.457. The van der Waals surface area contributed by atoms with Crippen LogP contribution in [-0.2, 0) is 15.9 Å². The highest BCUT2D eigenvalue weighted by Crippen LogP contribution is 2.42. The van der Waals surface area contributed by atoms with E-state index >= 15 is 0 Å². The number of nitrogens with zero attached hydrogens (tertiary/aromatic N) is 2. The number of hydrogen-bond acceptors (Lipinski definition) is 5. The molecule has 0 saturated carbocycles. The summed E-state index contributed by atoms with van der Waals surface area (Å²) in [5, 5.41) is 0. The van der Waals surface area contributed by atoms with Crippen LogP contribution < -0.4 is 5.43 Å². The van der Waals surface area contributed by atoms with E-state index in [2.05, 4.69) is 68.4 Å². The third kappa shape index (κ3) is 7.16. The zero-order valence-electron chi connectivity index (χ0n) is 26.0. The van der Waals surface area contributed by atoms with Gasteiger partial charge in [0.15, 0.2) is 5.43 Å². The van der Waals surface area contributed by atoms with E-state index in [0.29, 0.717) is 5.76 Å². The molecule has 1 heterocycles. The number of aliphatic imine (C=N–C) groups is 1. The second-order valence-corrected chi connectivity index (χ2v) is 11.3. The molecule has 220 valence electrons. The highest BCUT2D eigenvalue weighted by atomic mass is 16.5. The van der Waals surface area contributed by atoms with Crippen molar-refractivity contribution in [2.45, 2.75) is 73.3 Å². The van der Waals surface area contributed by atoms with Crippen molar-refractivity contribution in [1.82, 2.24) is 4.57 Å². The molecule has 0 N–H and O–H groups in total. The smallest absolute Gasteiger partial charge is 0.343 e. The molecule has 0 radical (unpaired) electrons. The molecule has 0 aliphatic heterocycles. The Hall–Kier alpha value is -3.67. The lowest BCUT2D eigenvalue weighted by atomic mass is 9.77. The largest absolute Gasteiger partial charge is 0.494 e. The third-order valence-corrected chi connectivity index (χ3v) is 8.21. The van der Waals surface area contributed by atoms with E-state index in [1.807, 2.05) is 24.3 Å². The molecular formula is C35H46N2O4. The quantitative estimate of drug-likeness (QED) is 0.252. The molecule has 1 aliphatic rings. The van der Waals surface area contributed by atoms with Crippen LogP contribution in [0.1, 0.15) is 88.5 Å². The summed E-state index contributed by atoms with van der Waals surface area (Å²) in [6, 6.07) is 12.1. The monoisotopic (exact) mass is 558 g/mol. The summed E-state index contributed by atoms with van der Waals surface area (Å²) < 4.78 is 13.1. The number of aromatic nitrogens is 1. The first kappa shape index (κ1) is 31.9. The Kier molecular flexibility index (Phi) is 11.1. The number of rotatable bonds is 12. The van der Waals surface area contributed by atoms with E-state index in [1.54, 1.807) is 33.3 Å². The van der Waals surface area contributed by atoms with Crippen LogP contribution in [0.15, 0.2) is 81.9 Å². The van der Waals surface area contributed by atoms with Crippen molar-refractivity contribution in [3.63, 3.8) is 0 Å². The lowest BCUT2D eigenvalue weighted by Gasteiger charge is -2.38. The molecule has 3 rings (SSSR count). The van der Waals surface area contributed by atoms with Gasteiger partial charge in [0.05, 0.1) is 13.7 Å². The van der Waals surface area contributed by atoms with Crippen LogP contribution in [0.2, 0.25) is 0 Å². The summed E-state index contributed by atoms with van der Waals surface area (Å²) in [5.41, 5.74) is 4.33. The van der Waals surface area contributed by atoms with Crippen LogP contribution in [0.4, 0.5) is 0 Å². The number of carbonyl (C=O) groups excluding carboxylic acids is 1. The second kappa shape index (κ2) is 14.3. The van der Waals surface area contributed by atoms with Crippen molar-refractivity contribution in [1.29, 1.82) is 0 Å². The second-order valence-electron chi connectivity index (χ2n) is 11.3. The minimum atomic E-state index is -0.592. The molecule has 41 heavy (non-hydrogen) atoms. The SMILES string of the molecule is CCOC(=O)c1cn(C(CC)C(C)(C)CCc2ccccc2)c(/C(=C2\C=CC=C(OC)C2=NC)C(C)CC)cc1=O. The van der Waals surface area contributed by atoms with E-state index in [0.717, 1.165) is 48.2 Å². The van der Waals surface area contributed by atoms with Gasteiger partial charge in [-0.05, 0) is 61.2 Å². The van der Waals surface area contributed by atoms with Gasteiger partial charge in [0.2, 0.25) is 0 Å². The Bertz CT molecular complexity index is 1390. The van der Waals surface area contributed by atoms with Gasteiger partial charge < -0.3 is 14.0 Å². The fourth-order valence-corrected chi connectivity index (χ4v) is 5.78. The minimum Gasteiger partial charge on any atom is -0.494 e. The average molecular weight is 559 g/mol. The molecule has 1 aromatic heterocycles. The summed E-state index contributed by atoms with van der Waals surface area (Å²) >= 11 is 0. The topological polar surface area (TPSA) is 69.9 Å². The third-order valence-electron chi connectivity index (χ3n) is 8.21. The number of methoxy groups -OCH3 is 1. The van der Waals surface area contributed by atoms with Crippen LogP contribution in [0.5, 0.6) is 0 Å². The van der Waals surface area contributed by atoms with E-state index in [1.165, 1.54) is 5.56 Å². The highest BCUT2D eigenvalue weighted by Gasteiger charge is 2.33. The van der Waals surface area contributed by atoms with Gasteiger partial charge in [0.25, 0.3) is 0 Å². The molecule has 0 fully saturated rings. The molecule has 1 aromatic carbocycles. The van der Waals surface area contributed by atoms with Gasteiger partial charge in [0, 0.05) is 36.6 Å². The van der Waals surface area contributed by atoms with Crippen LogP contribution in [0, 0.1) is 11.3 Å². The zero-order valence-corrected chi connectivity index (χ0v) is 26.0. The Morgan fingerprint density at radius 2 is 1.80 bits per heavy atom. The van der Waals surface area contributed by atoms with Gasteiger partial charge in [-0.15, -0.1) is 0 Å². The average Bonchev–Trinajstić information content (AvgIpc) is 2.97. The number of allylic oxidation sites excluding steroid dienone is 5. The van der Waals surface area contributed by atoms with Crippen molar-refractivity contribution in [2.75, 3.05) is 20.8 Å². The Labute approximate surface area is 245 Å². The maximum Gasteiger partial charge on any atom is 0.343 e. The molecule has 0 saturated heterocycles. The number of esters is 1. The standard InChI is InChI=1S/C35H46N2O4/c1-9-24(4)32(26-18-15-19-30(40-8)33(26)36-7)28-22-29(38)27(34(39)41-11-3)23-37(28)31(10-2)35(5,6)21-20-25-16-13-12-14-17-25/h12-19,22-24,31H,9-11,20-21H2,1-8H3/b32-26+,36-33?. The maximum atomic E-state index is 13.5. The minimum absolute atomic E-state index is 0.00154. The predicted molar refractivity (Wildman–Crippen MR) is 168 cm³/mol. The number of carbonyl (C=O) groups is 1. The first-order chi connectivity index (χ1) is 19.6. The molecule has 1 aliphatic carbocycles. The lowest BCUT2D eigenvalue weighted by Crippen LogP contribution is -2.32. The number of aryl methyl sites for hydroxylation is 1. The molecule has 0 amide bonds. The number of benzene rings is 1. The molecule has 0 bridgehead atoms. The van der Waals surface area contributed by atoms with Crippen LogP contribution in [-0.4, -0.2) is 37.0 Å². The van der Waals surface area contributed by atoms with Gasteiger partial charge in [0.1, 0.15) is 17.0 Å². The summed E-state index contributed by atoms with van der Waals surface area (Å²) in [5.74, 6) is 0.190. The van der Waals surface area contributed by atoms with Gasteiger partial charge in [-0.25, -0.2) is 4.79 Å². The predicted octanol–water partition coefficient (Wildman–Crippen LogP) is 7.61. The molecule has 0 spiro atoms. The molecule has 6 heteroatoms. The Morgan fingerprint density at radius 1 is 1.10 bits per heavy atom. The van der Waals surface area contributed by atoms with E-state index in [9.17, 15) is 9.59 Å². The molecule has 2 unspecified atom stereocenters. The van der Waals surface area contributed by atoms with E-state index in [4.69, 9.17) is 9.47 Å². The summed E-state index contributed by atoms with van der Waals surface area (Å²) in [6.07, 6.45) is 11.2. The number of pyridine rings is 1. The first-order valence-electron chi connectivity index (χ1n) is 14.7. The van der Waals surface area contributed by atoms with Crippen molar-refractivity contribution >= 4 is 17.3 Å². The normalized spacial score (nSPS) is 17.2. The highest BCUT2D eigenvalue weighted by molar-refractivity contribution is 6.18. The molecule has 6 nitrogen and oxygen atoms in total. The Morgan fingerprint density at radius 3 is 2.39 bits per heavy atom. The van der Waals surface area contributed by atoms with Crippen molar-refractivity contribution in [3.8, 4) is 0 Å². The van der Waals surface area contributed by atoms with Gasteiger partial charge >= 0.3 is 5.97 Å². The van der Waals surface area contributed by atoms with Crippen LogP contribution in [0.25, 0.3) is 5.57 Å². The fourth-order valence-electron chi connectivity index (χ4n) is 5.78. The van der Waals surface area contributed by atoms with Crippen LogP contribution in [0.3, 0.4) is 0 Å². The summed E-state index contributed by atoms with van der Waals surface area (Å²) in [4.78, 5) is 31.1. The first-order valence-corrected chi connectivity index (χ1v) is 14.7. The van der Waals surface area contributed by atoms with Crippen molar-refractivity contribution in [3.05, 3.63) is 99.2 Å².